The number of anilines is 1. The number of nitrogens with one attached hydrogen (secondary N) is 1. The van der Waals surface area contributed by atoms with Crippen molar-refractivity contribution in [3.05, 3.63) is 29.3 Å². The molecule has 2 rings (SSSR count). The zero-order chi connectivity index (χ0) is 17.7. The van der Waals surface area contributed by atoms with Crippen molar-refractivity contribution < 1.29 is 14.9 Å². The molecule has 0 spiro atoms. The van der Waals surface area contributed by atoms with E-state index in [1.807, 2.05) is 0 Å². The molecule has 24 heavy (non-hydrogen) atoms. The number of methoxy groups -OCH3 is 1. The van der Waals surface area contributed by atoms with Crippen LogP contribution in [0.25, 0.3) is 11.1 Å². The number of nitrogens with two attached hydrogens (primary N) is 1. The molecule has 1 heterocycles. The van der Waals surface area contributed by atoms with Gasteiger partial charge in [-0.15, -0.1) is 11.8 Å². The molecule has 2 aromatic rings. The predicted octanol–water partition coefficient (Wildman–Crippen LogP) is 2.00. The average molecular weight is 344 g/mol. The van der Waals surface area contributed by atoms with Crippen LogP contribution in [0.1, 0.15) is 11.1 Å². The van der Waals surface area contributed by atoms with Gasteiger partial charge in [0.05, 0.1) is 19.3 Å². The summed E-state index contributed by atoms with van der Waals surface area (Å²) < 4.78 is 5.02. The first-order chi connectivity index (χ1) is 11.6. The van der Waals surface area contributed by atoms with Crippen LogP contribution in [0.15, 0.2) is 23.2 Å². The summed E-state index contributed by atoms with van der Waals surface area (Å²) in [7, 11) is 1.44. The lowest BCUT2D eigenvalue weighted by molar-refractivity contribution is 0.322. The predicted molar refractivity (Wildman–Crippen MR) is 92.7 cm³/mol. The molecule has 0 fully saturated rings. The number of aromatic nitrogens is 1. The van der Waals surface area contributed by atoms with Crippen molar-refractivity contribution in [2.45, 2.75) is 5.03 Å². The van der Waals surface area contributed by atoms with Gasteiger partial charge in [0.2, 0.25) is 0 Å². The van der Waals surface area contributed by atoms with Gasteiger partial charge in [0.1, 0.15) is 16.9 Å². The lowest BCUT2D eigenvalue weighted by Gasteiger charge is -2.15. The minimum absolute atomic E-state index is 0.0674. The number of phenolic OH excluding ortho intramolecular Hbond substituents is 1. The highest BCUT2D eigenvalue weighted by Gasteiger charge is 2.20. The molecule has 0 bridgehead atoms. The Balaban J connectivity index is 2.75. The first-order valence-corrected chi connectivity index (χ1v) is 7.91. The van der Waals surface area contributed by atoms with Crippen molar-refractivity contribution in [3.8, 4) is 28.7 Å². The van der Waals surface area contributed by atoms with Gasteiger partial charge in [0, 0.05) is 23.1 Å². The second-order valence-electron chi connectivity index (χ2n) is 4.68. The van der Waals surface area contributed by atoms with Crippen LogP contribution in [-0.2, 0) is 0 Å². The molecule has 1 aromatic heterocycles. The summed E-state index contributed by atoms with van der Waals surface area (Å²) in [5.41, 5.74) is 7.39. The second-order valence-corrected chi connectivity index (χ2v) is 5.76. The Labute approximate surface area is 143 Å². The fourth-order valence-corrected chi connectivity index (χ4v) is 2.98. The van der Waals surface area contributed by atoms with Crippen LogP contribution in [0.4, 0.5) is 5.82 Å². The van der Waals surface area contributed by atoms with Crippen molar-refractivity contribution in [1.82, 2.24) is 4.98 Å². The van der Waals surface area contributed by atoms with Gasteiger partial charge in [0.15, 0.2) is 11.5 Å². The molecular weight excluding hydrogens is 328 g/mol. The van der Waals surface area contributed by atoms with Gasteiger partial charge >= 0.3 is 0 Å². The minimum Gasteiger partial charge on any atom is -0.504 e. The second kappa shape index (κ2) is 7.68. The molecule has 0 unspecified atom stereocenters. The number of hydrogen-bond acceptors (Lipinski definition) is 8. The Morgan fingerprint density at radius 1 is 1.50 bits per heavy atom. The summed E-state index contributed by atoms with van der Waals surface area (Å²) in [6, 6.07) is 6.77. The van der Waals surface area contributed by atoms with Crippen LogP contribution in [0.5, 0.6) is 11.5 Å². The fraction of sp³-hybridized carbons (Fsp3) is 0.188. The quantitative estimate of drug-likeness (QED) is 0.464. The van der Waals surface area contributed by atoms with Crippen LogP contribution in [0.2, 0.25) is 0 Å². The summed E-state index contributed by atoms with van der Waals surface area (Å²) in [5.74, 6) is 0.674. The normalized spacial score (nSPS) is 10.2. The number of rotatable bonds is 6. The van der Waals surface area contributed by atoms with Crippen molar-refractivity contribution in [1.29, 1.82) is 10.7 Å². The Kier molecular flexibility index (Phi) is 5.63. The van der Waals surface area contributed by atoms with Crippen molar-refractivity contribution in [2.24, 2.45) is 0 Å². The number of thioether (sulfide) groups is 1. The average Bonchev–Trinajstić information content (AvgIpc) is 2.59. The van der Waals surface area contributed by atoms with E-state index in [9.17, 15) is 10.4 Å². The minimum atomic E-state index is -0.0882. The van der Waals surface area contributed by atoms with E-state index >= 15 is 0 Å². The Morgan fingerprint density at radius 2 is 2.25 bits per heavy atom. The van der Waals surface area contributed by atoms with Crippen molar-refractivity contribution in [2.75, 3.05) is 25.2 Å². The zero-order valence-electron chi connectivity index (χ0n) is 12.9. The maximum Gasteiger partial charge on any atom is 0.160 e. The van der Waals surface area contributed by atoms with Gasteiger partial charge in [-0.25, -0.2) is 4.98 Å². The number of aromatic hydroxyl groups is 1. The number of pyridine rings is 1. The van der Waals surface area contributed by atoms with Crippen LogP contribution in [0, 0.1) is 16.7 Å². The standard InChI is InChI=1S/C16H16N4O3S/c1-23-13-3-2-9(6-12(13)22)14-10(7-17)15(19)20-16(11(14)8-18)24-5-4-21/h2-3,6-7,17,21-22H,4-5H2,1H3,(H2,19,20). The Bertz CT molecular complexity index is 818. The third kappa shape index (κ3) is 3.27. The Hall–Kier alpha value is -2.76. The molecule has 0 aliphatic heterocycles. The molecule has 0 radical (unpaired) electrons. The maximum atomic E-state index is 10.0. The van der Waals surface area contributed by atoms with Crippen LogP contribution in [-0.4, -0.2) is 40.9 Å². The molecule has 7 nitrogen and oxygen atoms in total. The lowest BCUT2D eigenvalue weighted by Crippen LogP contribution is -2.05. The van der Waals surface area contributed by atoms with Crippen molar-refractivity contribution >= 4 is 23.8 Å². The molecule has 5 N–H and O–H groups in total. The molecule has 0 aliphatic rings. The van der Waals surface area contributed by atoms with E-state index < -0.39 is 0 Å². The zero-order valence-corrected chi connectivity index (χ0v) is 13.7. The first kappa shape index (κ1) is 17.6. The summed E-state index contributed by atoms with van der Waals surface area (Å²) in [6.07, 6.45) is 1.03. The highest BCUT2D eigenvalue weighted by Crippen LogP contribution is 2.38. The third-order valence-corrected chi connectivity index (χ3v) is 4.24. The number of aliphatic hydroxyl groups is 1. The lowest BCUT2D eigenvalue weighted by atomic mass is 9.96. The summed E-state index contributed by atoms with van der Waals surface area (Å²) >= 11 is 1.20. The number of nitrogens with zero attached hydrogens (tertiary/aromatic N) is 2. The van der Waals surface area contributed by atoms with Gasteiger partial charge in [0.25, 0.3) is 0 Å². The highest BCUT2D eigenvalue weighted by atomic mass is 32.2. The van der Waals surface area contributed by atoms with Crippen LogP contribution in [0.3, 0.4) is 0 Å². The summed E-state index contributed by atoms with van der Waals surface area (Å²) in [6.45, 7) is -0.0674. The molecular formula is C16H16N4O3S. The molecule has 0 atom stereocenters. The highest BCUT2D eigenvalue weighted by molar-refractivity contribution is 7.99. The van der Waals surface area contributed by atoms with E-state index in [1.165, 1.54) is 24.9 Å². The van der Waals surface area contributed by atoms with E-state index in [2.05, 4.69) is 11.1 Å². The fourth-order valence-electron chi connectivity index (χ4n) is 2.24. The van der Waals surface area contributed by atoms with Gasteiger partial charge < -0.3 is 26.1 Å². The number of aliphatic hydroxyl groups excluding tert-OH is 1. The molecule has 1 aromatic carbocycles. The molecule has 0 aliphatic carbocycles. The van der Waals surface area contributed by atoms with E-state index in [-0.39, 0.29) is 23.7 Å². The maximum absolute atomic E-state index is 10.0. The van der Waals surface area contributed by atoms with Gasteiger partial charge in [-0.1, -0.05) is 6.07 Å². The molecule has 0 saturated carbocycles. The van der Waals surface area contributed by atoms with Gasteiger partial charge in [-0.2, -0.15) is 5.26 Å². The third-order valence-electron chi connectivity index (χ3n) is 3.28. The number of nitrogen functional groups attached to an aromatic ring is 1. The number of nitriles is 1. The summed E-state index contributed by atoms with van der Waals surface area (Å²) in [5, 5.41) is 36.6. The van der Waals surface area contributed by atoms with Gasteiger partial charge in [-0.3, -0.25) is 0 Å². The SMILES string of the molecule is COc1ccc(-c2c(C#N)c(SCCO)nc(N)c2C=N)cc1O. The van der Waals surface area contributed by atoms with E-state index in [4.69, 9.17) is 21.0 Å². The topological polar surface area (TPSA) is 136 Å². The number of ether oxygens (including phenoxy) is 1. The number of phenols is 1. The molecule has 8 heteroatoms. The van der Waals surface area contributed by atoms with Crippen LogP contribution < -0.4 is 10.5 Å². The number of hydrogen-bond donors (Lipinski definition) is 4. The van der Waals surface area contributed by atoms with E-state index in [0.717, 1.165) is 6.21 Å². The van der Waals surface area contributed by atoms with Crippen LogP contribution >= 0.6 is 11.8 Å². The first-order valence-electron chi connectivity index (χ1n) is 6.92. The summed E-state index contributed by atoms with van der Waals surface area (Å²) in [4.78, 5) is 4.16. The smallest absolute Gasteiger partial charge is 0.160 e. The van der Waals surface area contributed by atoms with Gasteiger partial charge in [-0.05, 0) is 17.7 Å². The largest absolute Gasteiger partial charge is 0.504 e. The Morgan fingerprint density at radius 3 is 2.79 bits per heavy atom. The van der Waals surface area contributed by atoms with Crippen molar-refractivity contribution in [3.63, 3.8) is 0 Å². The van der Waals surface area contributed by atoms with E-state index in [1.54, 1.807) is 12.1 Å². The molecule has 124 valence electrons. The van der Waals surface area contributed by atoms with E-state index in [0.29, 0.717) is 33.2 Å². The number of benzene rings is 1. The molecule has 0 amide bonds. The molecule has 0 saturated heterocycles. The monoisotopic (exact) mass is 344 g/mol.